The first kappa shape index (κ1) is 33.9. The number of nitrogens with one attached hydrogen (secondary N) is 3. The highest BCUT2D eigenvalue weighted by Gasteiger charge is 2.33. The topological polar surface area (TPSA) is 156 Å². The molecule has 5 amide bonds. The highest BCUT2D eigenvalue weighted by molar-refractivity contribution is 6.05. The number of benzene rings is 2. The van der Waals surface area contributed by atoms with Crippen molar-refractivity contribution < 1.29 is 23.9 Å². The van der Waals surface area contributed by atoms with E-state index in [1.54, 1.807) is 11.1 Å². The molecule has 5 heterocycles. The quantitative estimate of drug-likeness (QED) is 0.225. The van der Waals surface area contributed by atoms with Gasteiger partial charge in [0.15, 0.2) is 11.9 Å². The number of fused-ring (bicyclic) bond motifs is 1. The number of piperidine rings is 1. The van der Waals surface area contributed by atoms with Gasteiger partial charge >= 0.3 is 6.03 Å². The molecular formula is C37H41N9O5. The number of hydrogen-bond acceptors (Lipinski definition) is 9. The van der Waals surface area contributed by atoms with Crippen molar-refractivity contribution in [1.29, 1.82) is 0 Å². The minimum Gasteiger partial charge on any atom is -0.371 e. The van der Waals surface area contributed by atoms with Crippen molar-refractivity contribution >= 4 is 40.9 Å². The number of H-pyrrole nitrogens is 1. The lowest BCUT2D eigenvalue weighted by Gasteiger charge is -2.38. The molecule has 2 fully saturated rings. The second kappa shape index (κ2) is 14.7. The van der Waals surface area contributed by atoms with Crippen LogP contribution in [0.15, 0.2) is 72.9 Å². The average Bonchev–Trinajstić information content (AvgIpc) is 3.75. The van der Waals surface area contributed by atoms with Gasteiger partial charge in [-0.05, 0) is 61.9 Å². The van der Waals surface area contributed by atoms with Crippen LogP contribution in [0, 0.1) is 0 Å². The Hall–Kier alpha value is -5.60. The fraction of sp³-hybridized carbons (Fsp3) is 0.351. The molecule has 3 aliphatic heterocycles. The zero-order valence-corrected chi connectivity index (χ0v) is 28.7. The Morgan fingerprint density at radius 1 is 0.980 bits per heavy atom. The van der Waals surface area contributed by atoms with E-state index in [-0.39, 0.29) is 24.1 Å². The molecule has 0 bridgehead atoms. The van der Waals surface area contributed by atoms with Crippen molar-refractivity contribution in [3.05, 3.63) is 101 Å². The van der Waals surface area contributed by atoms with Gasteiger partial charge in [-0.1, -0.05) is 30.3 Å². The van der Waals surface area contributed by atoms with Gasteiger partial charge in [-0.3, -0.25) is 39.6 Å². The van der Waals surface area contributed by atoms with E-state index >= 15 is 0 Å². The predicted molar refractivity (Wildman–Crippen MR) is 190 cm³/mol. The number of rotatable bonds is 10. The van der Waals surface area contributed by atoms with Gasteiger partial charge in [-0.2, -0.15) is 5.10 Å². The lowest BCUT2D eigenvalue weighted by molar-refractivity contribution is -0.143. The average molecular weight is 692 g/mol. The van der Waals surface area contributed by atoms with Crippen LogP contribution < -0.4 is 20.4 Å². The normalized spacial score (nSPS) is 17.0. The molecule has 14 heteroatoms. The first-order valence-electron chi connectivity index (χ1n) is 17.1. The monoisotopic (exact) mass is 691 g/mol. The smallest absolute Gasteiger partial charge is 0.328 e. The summed E-state index contributed by atoms with van der Waals surface area (Å²) in [5, 5.41) is 12.6. The number of ether oxygens (including phenoxy) is 1. The second-order valence-corrected chi connectivity index (χ2v) is 13.1. The van der Waals surface area contributed by atoms with Gasteiger partial charge in [0.05, 0.1) is 36.4 Å². The van der Waals surface area contributed by atoms with Gasteiger partial charge in [0.2, 0.25) is 5.91 Å². The van der Waals surface area contributed by atoms with Crippen LogP contribution in [0.4, 0.5) is 22.0 Å². The van der Waals surface area contributed by atoms with E-state index < -0.39 is 12.1 Å². The summed E-state index contributed by atoms with van der Waals surface area (Å²) in [7, 11) is 3.64. The molecule has 0 radical (unpaired) electrons. The molecule has 264 valence electrons. The fourth-order valence-electron chi connectivity index (χ4n) is 7.01. The molecule has 3 N–H and O–H groups in total. The van der Waals surface area contributed by atoms with Gasteiger partial charge in [-0.15, -0.1) is 0 Å². The van der Waals surface area contributed by atoms with E-state index in [9.17, 15) is 19.2 Å². The molecule has 7 rings (SSSR count). The highest BCUT2D eigenvalue weighted by Crippen LogP contribution is 2.31. The maximum Gasteiger partial charge on any atom is 0.328 e. The standard InChI is InChI=1S/C37H41N9O5/c1-43(21-26-10-13-29(20-38-26)46-19-16-32(47)39-37(46)50)27-14-17-44(18-15-27)28-11-8-25(9-12-28)35(48)40-34-30-22-45(23-31(30)41-42-34)36(49)33(51-2)24-6-4-3-5-7-24/h3-13,20,27,33H,14-19,21-23H2,1-2H3,(H,39,47,50)(H2,40,41,42,48)/t33-/m1/s1. The second-order valence-electron chi connectivity index (χ2n) is 13.1. The molecule has 0 saturated carbocycles. The lowest BCUT2D eigenvalue weighted by atomic mass is 10.0. The van der Waals surface area contributed by atoms with E-state index in [0.29, 0.717) is 49.3 Å². The number of nitrogens with zero attached hydrogens (tertiary/aromatic N) is 6. The number of methoxy groups -OCH3 is 1. The van der Waals surface area contributed by atoms with E-state index in [2.05, 4.69) is 42.7 Å². The number of anilines is 3. The van der Waals surface area contributed by atoms with Crippen LogP contribution in [0.1, 0.15) is 58.2 Å². The molecule has 0 aliphatic carbocycles. The van der Waals surface area contributed by atoms with Crippen molar-refractivity contribution in [2.45, 2.75) is 51.0 Å². The Bertz CT molecular complexity index is 1890. The van der Waals surface area contributed by atoms with Crippen LogP contribution in [0.25, 0.3) is 0 Å². The summed E-state index contributed by atoms with van der Waals surface area (Å²) in [6.07, 6.45) is 3.23. The zero-order chi connectivity index (χ0) is 35.5. The van der Waals surface area contributed by atoms with Gasteiger partial charge in [-0.25, -0.2) is 4.79 Å². The molecule has 1 atom stereocenters. The minimum absolute atomic E-state index is 0.148. The van der Waals surface area contributed by atoms with Crippen LogP contribution in [-0.4, -0.2) is 88.6 Å². The Balaban J connectivity index is 0.888. The lowest BCUT2D eigenvalue weighted by Crippen LogP contribution is -2.49. The third-order valence-electron chi connectivity index (χ3n) is 9.93. The minimum atomic E-state index is -0.708. The summed E-state index contributed by atoms with van der Waals surface area (Å²) < 4.78 is 5.54. The molecule has 0 spiro atoms. The SMILES string of the molecule is CO[C@@H](C(=O)N1Cc2[nH]nc(NC(=O)c3ccc(N4CCC(N(C)Cc5ccc(N6CCC(=O)NC6=O)cn5)CC4)cc3)c2C1)c1ccccc1. The number of hydrogen-bond donors (Lipinski definition) is 3. The number of urea groups is 1. The first-order chi connectivity index (χ1) is 24.8. The molecule has 14 nitrogen and oxygen atoms in total. The number of pyridine rings is 1. The van der Waals surface area contributed by atoms with E-state index in [4.69, 9.17) is 4.74 Å². The van der Waals surface area contributed by atoms with Crippen LogP contribution in [0.3, 0.4) is 0 Å². The van der Waals surface area contributed by atoms with E-state index in [1.165, 1.54) is 12.0 Å². The molecule has 2 aromatic heterocycles. The third-order valence-corrected chi connectivity index (χ3v) is 9.93. The highest BCUT2D eigenvalue weighted by atomic mass is 16.5. The van der Waals surface area contributed by atoms with Crippen LogP contribution in [0.5, 0.6) is 0 Å². The Kier molecular flexibility index (Phi) is 9.77. The number of amides is 5. The maximum absolute atomic E-state index is 13.3. The largest absolute Gasteiger partial charge is 0.371 e. The molecular weight excluding hydrogens is 650 g/mol. The summed E-state index contributed by atoms with van der Waals surface area (Å²) in [5.74, 6) is -0.249. The van der Waals surface area contributed by atoms with Crippen molar-refractivity contribution in [2.24, 2.45) is 0 Å². The summed E-state index contributed by atoms with van der Waals surface area (Å²) in [6.45, 7) is 3.50. The molecule has 2 aromatic carbocycles. The van der Waals surface area contributed by atoms with Crippen molar-refractivity contribution in [3.63, 3.8) is 0 Å². The number of aromatic amines is 1. The summed E-state index contributed by atoms with van der Waals surface area (Å²) in [4.78, 5) is 62.6. The van der Waals surface area contributed by atoms with Gasteiger partial charge in [0.1, 0.15) is 0 Å². The van der Waals surface area contributed by atoms with Gasteiger partial charge in [0.25, 0.3) is 11.8 Å². The van der Waals surface area contributed by atoms with Crippen molar-refractivity contribution in [1.82, 2.24) is 30.3 Å². The van der Waals surface area contributed by atoms with E-state index in [0.717, 1.165) is 54.1 Å². The number of carbonyl (C=O) groups is 4. The van der Waals surface area contributed by atoms with Crippen LogP contribution in [0.2, 0.25) is 0 Å². The summed E-state index contributed by atoms with van der Waals surface area (Å²) >= 11 is 0. The third kappa shape index (κ3) is 7.32. The van der Waals surface area contributed by atoms with Gasteiger partial charge in [0, 0.05) is 62.6 Å². The maximum atomic E-state index is 13.3. The first-order valence-corrected chi connectivity index (χ1v) is 17.1. The molecule has 0 unspecified atom stereocenters. The van der Waals surface area contributed by atoms with Crippen LogP contribution in [-0.2, 0) is 34.0 Å². The van der Waals surface area contributed by atoms with Gasteiger partial charge < -0.3 is 19.9 Å². The Morgan fingerprint density at radius 2 is 1.73 bits per heavy atom. The Labute approximate surface area is 295 Å². The van der Waals surface area contributed by atoms with Crippen molar-refractivity contribution in [2.75, 3.05) is 48.9 Å². The zero-order valence-electron chi connectivity index (χ0n) is 28.7. The molecule has 3 aliphatic rings. The molecule has 2 saturated heterocycles. The molecule has 51 heavy (non-hydrogen) atoms. The molecule has 4 aromatic rings. The predicted octanol–water partition coefficient (Wildman–Crippen LogP) is 3.83. The number of imide groups is 1. The summed E-state index contributed by atoms with van der Waals surface area (Å²) in [6, 6.07) is 20.8. The fourth-order valence-corrected chi connectivity index (χ4v) is 7.01. The Morgan fingerprint density at radius 3 is 2.41 bits per heavy atom. The number of aromatic nitrogens is 3. The number of carbonyl (C=O) groups excluding carboxylic acids is 4. The van der Waals surface area contributed by atoms with Crippen LogP contribution >= 0.6 is 0 Å². The van der Waals surface area contributed by atoms with Crippen molar-refractivity contribution in [3.8, 4) is 0 Å². The van der Waals surface area contributed by atoms with E-state index in [1.807, 2.05) is 66.7 Å². The summed E-state index contributed by atoms with van der Waals surface area (Å²) in [5.41, 5.74) is 5.55.